The van der Waals surface area contributed by atoms with Crippen molar-refractivity contribution in [3.8, 4) is 0 Å². The maximum atomic E-state index is 10.5. The van der Waals surface area contributed by atoms with Crippen LogP contribution in [0.15, 0.2) is 12.2 Å². The largest absolute Gasteiger partial charge is 0.481 e. The molecule has 3 nitrogen and oxygen atoms in total. The molecule has 10 heavy (non-hydrogen) atoms. The highest BCUT2D eigenvalue weighted by atomic mass is 16.5. The number of carboxylic acids is 1. The lowest BCUT2D eigenvalue weighted by Crippen LogP contribution is -2.22. The highest BCUT2D eigenvalue weighted by Crippen LogP contribution is 2.33. The Balaban J connectivity index is 2.16. The standard InChI is InChI=1S/C7H8O3/c8-7(9)5-3-4-1-2-6(5)10-4/h1-2,4-6H,3H2,(H,8,9)/t4-,5-,6+/m0/s1. The number of carboxylic acid groups (broad SMARTS) is 1. The number of ether oxygens (including phenoxy) is 1. The average Bonchev–Trinajstić information content (AvgIpc) is 2.44. The second-order valence-corrected chi connectivity index (χ2v) is 2.70. The SMILES string of the molecule is O=C(O)[C@H]1C[C@@H]2C=C[C@H]1O2. The number of aliphatic carboxylic acids is 1. The molecule has 0 aromatic heterocycles. The van der Waals surface area contributed by atoms with Crippen LogP contribution in [0.5, 0.6) is 0 Å². The summed E-state index contributed by atoms with van der Waals surface area (Å²) in [5, 5.41) is 8.62. The van der Waals surface area contributed by atoms with Crippen LogP contribution in [0.25, 0.3) is 0 Å². The number of rotatable bonds is 1. The van der Waals surface area contributed by atoms with Gasteiger partial charge >= 0.3 is 5.97 Å². The van der Waals surface area contributed by atoms with Gasteiger partial charge in [0.1, 0.15) is 0 Å². The zero-order chi connectivity index (χ0) is 7.14. The first kappa shape index (κ1) is 5.92. The summed E-state index contributed by atoms with van der Waals surface area (Å²) in [5.41, 5.74) is 0. The highest BCUT2D eigenvalue weighted by molar-refractivity contribution is 5.72. The van der Waals surface area contributed by atoms with Gasteiger partial charge in [0.25, 0.3) is 0 Å². The van der Waals surface area contributed by atoms with Crippen molar-refractivity contribution in [2.75, 3.05) is 0 Å². The summed E-state index contributed by atoms with van der Waals surface area (Å²) in [4.78, 5) is 10.5. The second-order valence-electron chi connectivity index (χ2n) is 2.70. The van der Waals surface area contributed by atoms with Crippen LogP contribution in [0.4, 0.5) is 0 Å². The van der Waals surface area contributed by atoms with Gasteiger partial charge in [-0.1, -0.05) is 12.2 Å². The molecule has 2 aliphatic heterocycles. The maximum Gasteiger partial charge on any atom is 0.309 e. The van der Waals surface area contributed by atoms with Gasteiger partial charge in [-0.25, -0.2) is 0 Å². The summed E-state index contributed by atoms with van der Waals surface area (Å²) in [6.07, 6.45) is 4.35. The third-order valence-electron chi connectivity index (χ3n) is 2.05. The van der Waals surface area contributed by atoms with Gasteiger partial charge in [0, 0.05) is 0 Å². The van der Waals surface area contributed by atoms with Crippen LogP contribution >= 0.6 is 0 Å². The Morgan fingerprint density at radius 2 is 2.40 bits per heavy atom. The lowest BCUT2D eigenvalue weighted by Gasteiger charge is -2.08. The number of hydrogen-bond donors (Lipinski definition) is 1. The van der Waals surface area contributed by atoms with Gasteiger partial charge in [0.15, 0.2) is 0 Å². The van der Waals surface area contributed by atoms with Crippen LogP contribution in [0.1, 0.15) is 6.42 Å². The summed E-state index contributed by atoms with van der Waals surface area (Å²) in [6, 6.07) is 0. The van der Waals surface area contributed by atoms with Crippen molar-refractivity contribution < 1.29 is 14.6 Å². The molecule has 1 N–H and O–H groups in total. The van der Waals surface area contributed by atoms with Gasteiger partial charge < -0.3 is 9.84 Å². The summed E-state index contributed by atoms with van der Waals surface area (Å²) >= 11 is 0. The van der Waals surface area contributed by atoms with Crippen LogP contribution in [-0.2, 0) is 9.53 Å². The van der Waals surface area contributed by atoms with E-state index in [2.05, 4.69) is 0 Å². The van der Waals surface area contributed by atoms with Crippen LogP contribution in [-0.4, -0.2) is 23.3 Å². The Labute approximate surface area is 58.3 Å². The number of hydrogen-bond acceptors (Lipinski definition) is 2. The molecule has 0 amide bonds. The molecule has 54 valence electrons. The molecule has 0 unspecified atom stereocenters. The Kier molecular flexibility index (Phi) is 1.08. The zero-order valence-corrected chi connectivity index (χ0v) is 5.36. The number of carbonyl (C=O) groups is 1. The maximum absolute atomic E-state index is 10.5. The summed E-state index contributed by atoms with van der Waals surface area (Å²) in [6.45, 7) is 0. The third-order valence-corrected chi connectivity index (χ3v) is 2.05. The molecule has 0 aromatic carbocycles. The molecular formula is C7H8O3. The van der Waals surface area contributed by atoms with Gasteiger partial charge in [0.2, 0.25) is 0 Å². The molecular weight excluding hydrogens is 132 g/mol. The fourth-order valence-electron chi connectivity index (χ4n) is 1.51. The predicted molar refractivity (Wildman–Crippen MR) is 33.5 cm³/mol. The molecule has 2 bridgehead atoms. The van der Waals surface area contributed by atoms with Gasteiger partial charge in [-0.05, 0) is 6.42 Å². The van der Waals surface area contributed by atoms with Crippen LogP contribution < -0.4 is 0 Å². The van der Waals surface area contributed by atoms with Crippen LogP contribution in [0.3, 0.4) is 0 Å². The molecule has 2 aliphatic rings. The Morgan fingerprint density at radius 1 is 1.60 bits per heavy atom. The van der Waals surface area contributed by atoms with Crippen molar-refractivity contribution in [1.82, 2.24) is 0 Å². The molecule has 0 aromatic rings. The van der Waals surface area contributed by atoms with E-state index in [-0.39, 0.29) is 18.1 Å². The zero-order valence-electron chi connectivity index (χ0n) is 5.36. The van der Waals surface area contributed by atoms with Crippen LogP contribution in [0.2, 0.25) is 0 Å². The fraction of sp³-hybridized carbons (Fsp3) is 0.571. The van der Waals surface area contributed by atoms with E-state index in [0.717, 1.165) is 0 Å². The molecule has 3 atom stereocenters. The Morgan fingerprint density at radius 3 is 2.70 bits per heavy atom. The average molecular weight is 140 g/mol. The molecule has 2 heterocycles. The lowest BCUT2D eigenvalue weighted by molar-refractivity contribution is -0.142. The fourth-order valence-corrected chi connectivity index (χ4v) is 1.51. The lowest BCUT2D eigenvalue weighted by atomic mass is 9.95. The van der Waals surface area contributed by atoms with Gasteiger partial charge in [-0.2, -0.15) is 0 Å². The highest BCUT2D eigenvalue weighted by Gasteiger charge is 2.40. The normalized spacial score (nSPS) is 42.6. The molecule has 0 aliphatic carbocycles. The first-order valence-corrected chi connectivity index (χ1v) is 3.34. The summed E-state index contributed by atoms with van der Waals surface area (Å²) in [7, 11) is 0. The van der Waals surface area contributed by atoms with Gasteiger partial charge in [0.05, 0.1) is 18.1 Å². The van der Waals surface area contributed by atoms with E-state index in [1.54, 1.807) is 0 Å². The van der Waals surface area contributed by atoms with Gasteiger partial charge in [-0.3, -0.25) is 4.79 Å². The number of fused-ring (bicyclic) bond motifs is 2. The Hall–Kier alpha value is -0.830. The van der Waals surface area contributed by atoms with Crippen molar-refractivity contribution in [1.29, 1.82) is 0 Å². The Bertz CT molecular complexity index is 197. The van der Waals surface area contributed by atoms with Gasteiger partial charge in [-0.15, -0.1) is 0 Å². The molecule has 0 saturated carbocycles. The minimum absolute atomic E-state index is 0.0751. The molecule has 0 radical (unpaired) electrons. The molecule has 0 spiro atoms. The van der Waals surface area contributed by atoms with E-state index in [1.807, 2.05) is 12.2 Å². The minimum Gasteiger partial charge on any atom is -0.481 e. The van der Waals surface area contributed by atoms with E-state index in [1.165, 1.54) is 0 Å². The van der Waals surface area contributed by atoms with Crippen LogP contribution in [0, 0.1) is 5.92 Å². The van der Waals surface area contributed by atoms with Crippen molar-refractivity contribution in [2.24, 2.45) is 5.92 Å². The van der Waals surface area contributed by atoms with E-state index < -0.39 is 5.97 Å². The molecule has 1 fully saturated rings. The first-order chi connectivity index (χ1) is 4.77. The summed E-state index contributed by atoms with van der Waals surface area (Å²) in [5.74, 6) is -1.04. The minimum atomic E-state index is -0.739. The van der Waals surface area contributed by atoms with E-state index in [0.29, 0.717) is 6.42 Å². The first-order valence-electron chi connectivity index (χ1n) is 3.34. The van der Waals surface area contributed by atoms with E-state index >= 15 is 0 Å². The quantitative estimate of drug-likeness (QED) is 0.537. The van der Waals surface area contributed by atoms with Crippen molar-refractivity contribution in [2.45, 2.75) is 18.6 Å². The van der Waals surface area contributed by atoms with E-state index in [4.69, 9.17) is 9.84 Å². The molecule has 1 saturated heterocycles. The smallest absolute Gasteiger partial charge is 0.309 e. The molecule has 3 heteroatoms. The monoisotopic (exact) mass is 140 g/mol. The topological polar surface area (TPSA) is 46.5 Å². The molecule has 2 rings (SSSR count). The van der Waals surface area contributed by atoms with Crippen molar-refractivity contribution >= 4 is 5.97 Å². The second kappa shape index (κ2) is 1.83. The predicted octanol–water partition coefficient (Wildman–Crippen LogP) is 0.415. The van der Waals surface area contributed by atoms with E-state index in [9.17, 15) is 4.79 Å². The van der Waals surface area contributed by atoms with Crippen molar-refractivity contribution in [3.05, 3.63) is 12.2 Å². The third kappa shape index (κ3) is 0.671. The summed E-state index contributed by atoms with van der Waals surface area (Å²) < 4.78 is 5.25. The van der Waals surface area contributed by atoms with Crippen molar-refractivity contribution in [3.63, 3.8) is 0 Å².